The molecule has 3 rings (SSSR count). The quantitative estimate of drug-likeness (QED) is 0.766. The Bertz CT molecular complexity index is 878. The van der Waals surface area contributed by atoms with Crippen LogP contribution in [0.3, 0.4) is 0 Å². The van der Waals surface area contributed by atoms with Crippen LogP contribution in [0.4, 0.5) is 18.9 Å². The molecule has 0 atom stereocenters. The topological polar surface area (TPSA) is 54.9 Å². The number of nitrogens with zero attached hydrogens (tertiary/aromatic N) is 2. The first-order valence-electron chi connectivity index (χ1n) is 7.29. The van der Waals surface area contributed by atoms with Crippen molar-refractivity contribution in [3.63, 3.8) is 0 Å². The molecule has 1 N–H and O–H groups in total. The molecular formula is C18H12F3N3O. The van der Waals surface area contributed by atoms with Crippen molar-refractivity contribution in [1.82, 2.24) is 9.97 Å². The second-order valence-electron chi connectivity index (χ2n) is 5.19. The molecule has 0 aliphatic heterocycles. The minimum atomic E-state index is -4.50. The molecule has 2 aromatic carbocycles. The number of halogens is 3. The molecule has 0 aliphatic rings. The molecule has 126 valence electrons. The number of hydrogen-bond acceptors (Lipinski definition) is 3. The zero-order valence-corrected chi connectivity index (χ0v) is 12.8. The molecule has 7 heteroatoms. The fourth-order valence-electron chi connectivity index (χ4n) is 2.17. The maximum absolute atomic E-state index is 12.7. The lowest BCUT2D eigenvalue weighted by Gasteiger charge is -2.09. The van der Waals surface area contributed by atoms with Crippen molar-refractivity contribution in [2.24, 2.45) is 0 Å². The summed E-state index contributed by atoms with van der Waals surface area (Å²) >= 11 is 0. The van der Waals surface area contributed by atoms with Gasteiger partial charge in [-0.1, -0.05) is 36.4 Å². The lowest BCUT2D eigenvalue weighted by molar-refractivity contribution is -0.137. The number of alkyl halides is 3. The molecular weight excluding hydrogens is 331 g/mol. The number of rotatable bonds is 3. The molecule has 0 unspecified atom stereocenters. The predicted molar refractivity (Wildman–Crippen MR) is 86.9 cm³/mol. The average Bonchev–Trinajstić information content (AvgIpc) is 2.62. The minimum absolute atomic E-state index is 0.0954. The minimum Gasteiger partial charge on any atom is -0.319 e. The molecule has 25 heavy (non-hydrogen) atoms. The van der Waals surface area contributed by atoms with E-state index < -0.39 is 17.6 Å². The van der Waals surface area contributed by atoms with Crippen LogP contribution in [0.5, 0.6) is 0 Å². The molecule has 3 aromatic rings. The fraction of sp³-hybridized carbons (Fsp3) is 0.0556. The number of aromatic nitrogens is 2. The number of nitrogens with one attached hydrogen (secondary N) is 1. The highest BCUT2D eigenvalue weighted by molar-refractivity contribution is 6.04. The Labute approximate surface area is 141 Å². The van der Waals surface area contributed by atoms with Crippen LogP contribution in [-0.2, 0) is 6.18 Å². The molecule has 0 fully saturated rings. The van der Waals surface area contributed by atoms with Crippen molar-refractivity contribution in [3.8, 4) is 11.4 Å². The maximum atomic E-state index is 12.7. The van der Waals surface area contributed by atoms with E-state index in [1.54, 1.807) is 0 Å². The van der Waals surface area contributed by atoms with Gasteiger partial charge in [-0.25, -0.2) is 9.97 Å². The second-order valence-corrected chi connectivity index (χ2v) is 5.19. The summed E-state index contributed by atoms with van der Waals surface area (Å²) in [5, 5.41) is 2.48. The summed E-state index contributed by atoms with van der Waals surface area (Å²) in [5.41, 5.74) is 0.137. The van der Waals surface area contributed by atoms with Crippen molar-refractivity contribution < 1.29 is 18.0 Å². The van der Waals surface area contributed by atoms with Crippen molar-refractivity contribution in [2.75, 3.05) is 5.32 Å². The van der Waals surface area contributed by atoms with Gasteiger partial charge in [0.15, 0.2) is 5.82 Å². The average molecular weight is 343 g/mol. The summed E-state index contributed by atoms with van der Waals surface area (Å²) in [7, 11) is 0. The van der Waals surface area contributed by atoms with E-state index in [1.165, 1.54) is 24.5 Å². The lowest BCUT2D eigenvalue weighted by Crippen LogP contribution is -2.14. The van der Waals surface area contributed by atoms with Gasteiger partial charge >= 0.3 is 6.18 Å². The first-order chi connectivity index (χ1) is 11.9. The monoisotopic (exact) mass is 343 g/mol. The first kappa shape index (κ1) is 16.6. The van der Waals surface area contributed by atoms with Crippen LogP contribution >= 0.6 is 0 Å². The largest absolute Gasteiger partial charge is 0.416 e. The first-order valence-corrected chi connectivity index (χ1v) is 7.29. The third kappa shape index (κ3) is 4.00. The highest BCUT2D eigenvalue weighted by Crippen LogP contribution is 2.29. The molecule has 0 spiro atoms. The van der Waals surface area contributed by atoms with Gasteiger partial charge in [-0.2, -0.15) is 13.2 Å². The molecule has 1 aromatic heterocycles. The normalized spacial score (nSPS) is 11.2. The summed E-state index contributed by atoms with van der Waals surface area (Å²) in [4.78, 5) is 20.4. The van der Waals surface area contributed by atoms with Crippen LogP contribution in [-0.4, -0.2) is 15.9 Å². The number of amides is 1. The molecule has 0 saturated heterocycles. The summed E-state index contributed by atoms with van der Waals surface area (Å²) < 4.78 is 38.1. The number of hydrogen-bond donors (Lipinski definition) is 1. The number of anilines is 1. The summed E-state index contributed by atoms with van der Waals surface area (Å²) in [6.45, 7) is 0. The molecule has 1 amide bonds. The van der Waals surface area contributed by atoms with E-state index in [-0.39, 0.29) is 5.56 Å². The second kappa shape index (κ2) is 6.72. The van der Waals surface area contributed by atoms with Crippen LogP contribution in [0.1, 0.15) is 15.9 Å². The number of benzene rings is 2. The van der Waals surface area contributed by atoms with Crippen molar-refractivity contribution in [3.05, 3.63) is 78.1 Å². The summed E-state index contributed by atoms with van der Waals surface area (Å²) in [6, 6.07) is 13.5. The lowest BCUT2D eigenvalue weighted by atomic mass is 10.1. The van der Waals surface area contributed by atoms with Gasteiger partial charge in [0.1, 0.15) is 0 Å². The number of carbonyl (C=O) groups is 1. The van der Waals surface area contributed by atoms with Crippen LogP contribution in [0.2, 0.25) is 0 Å². The van der Waals surface area contributed by atoms with E-state index in [4.69, 9.17) is 0 Å². The van der Waals surface area contributed by atoms with Crippen molar-refractivity contribution >= 4 is 11.6 Å². The van der Waals surface area contributed by atoms with Gasteiger partial charge < -0.3 is 5.32 Å². The van der Waals surface area contributed by atoms with Gasteiger partial charge in [0.2, 0.25) is 0 Å². The van der Waals surface area contributed by atoms with Gasteiger partial charge in [-0.05, 0) is 18.2 Å². The molecule has 0 aliphatic carbocycles. The Morgan fingerprint density at radius 3 is 2.24 bits per heavy atom. The van der Waals surface area contributed by atoms with E-state index >= 15 is 0 Å². The van der Waals surface area contributed by atoms with E-state index in [2.05, 4.69) is 15.3 Å². The van der Waals surface area contributed by atoms with Crippen molar-refractivity contribution in [1.29, 1.82) is 0 Å². The summed E-state index contributed by atoms with van der Waals surface area (Å²) in [6.07, 6.45) is -1.70. The molecule has 4 nitrogen and oxygen atoms in total. The SMILES string of the molecule is O=C(Nc1cnc(-c2ccccc2)nc1)c1cccc(C(F)(F)F)c1. The van der Waals surface area contributed by atoms with E-state index in [1.807, 2.05) is 30.3 Å². The van der Waals surface area contributed by atoms with E-state index in [9.17, 15) is 18.0 Å². The van der Waals surface area contributed by atoms with Crippen molar-refractivity contribution in [2.45, 2.75) is 6.18 Å². The van der Waals surface area contributed by atoms with Crippen LogP contribution in [0.15, 0.2) is 67.0 Å². The Morgan fingerprint density at radius 2 is 1.60 bits per heavy atom. The molecule has 0 bridgehead atoms. The Morgan fingerprint density at radius 1 is 0.920 bits per heavy atom. The van der Waals surface area contributed by atoms with E-state index in [0.717, 1.165) is 17.7 Å². The smallest absolute Gasteiger partial charge is 0.319 e. The van der Waals surface area contributed by atoms with Gasteiger partial charge in [0, 0.05) is 11.1 Å². The zero-order chi connectivity index (χ0) is 17.9. The Hall–Kier alpha value is -3.22. The third-order valence-corrected chi connectivity index (χ3v) is 3.39. The van der Waals surface area contributed by atoms with Gasteiger partial charge in [-0.15, -0.1) is 0 Å². The molecule has 0 radical (unpaired) electrons. The van der Waals surface area contributed by atoms with Crippen LogP contribution in [0, 0.1) is 0 Å². The fourth-order valence-corrected chi connectivity index (χ4v) is 2.17. The Kier molecular flexibility index (Phi) is 4.47. The highest BCUT2D eigenvalue weighted by atomic mass is 19.4. The van der Waals surface area contributed by atoms with Gasteiger partial charge in [-0.3, -0.25) is 4.79 Å². The predicted octanol–water partition coefficient (Wildman–Crippen LogP) is 4.41. The van der Waals surface area contributed by atoms with Gasteiger partial charge in [0.25, 0.3) is 5.91 Å². The summed E-state index contributed by atoms with van der Waals surface area (Å²) in [5.74, 6) is -0.181. The highest BCUT2D eigenvalue weighted by Gasteiger charge is 2.30. The van der Waals surface area contributed by atoms with E-state index in [0.29, 0.717) is 11.5 Å². The van der Waals surface area contributed by atoms with Crippen LogP contribution in [0.25, 0.3) is 11.4 Å². The number of carbonyl (C=O) groups excluding carboxylic acids is 1. The van der Waals surface area contributed by atoms with Crippen LogP contribution < -0.4 is 5.32 Å². The maximum Gasteiger partial charge on any atom is 0.416 e. The zero-order valence-electron chi connectivity index (χ0n) is 12.8. The standard InChI is InChI=1S/C18H12F3N3O/c19-18(20,21)14-8-4-7-13(9-14)17(25)24-15-10-22-16(23-11-15)12-5-2-1-3-6-12/h1-11H,(H,24,25). The molecule has 0 saturated carbocycles. The third-order valence-electron chi connectivity index (χ3n) is 3.39. The van der Waals surface area contributed by atoms with Gasteiger partial charge in [0.05, 0.1) is 23.6 Å². The molecule has 1 heterocycles. The Balaban J connectivity index is 1.75.